The molecule has 1 saturated carbocycles. The first-order valence-electron chi connectivity index (χ1n) is 13.8. The van der Waals surface area contributed by atoms with Gasteiger partial charge in [0.1, 0.15) is 6.54 Å². The van der Waals surface area contributed by atoms with Crippen molar-refractivity contribution in [3.8, 4) is 11.3 Å². The van der Waals surface area contributed by atoms with Gasteiger partial charge in [-0.3, -0.25) is 4.79 Å². The van der Waals surface area contributed by atoms with E-state index in [1.807, 2.05) is 55.7 Å². The zero-order valence-electron chi connectivity index (χ0n) is 23.7. The average molecular weight is 527 g/mol. The Bertz CT molecular complexity index is 1530. The van der Waals surface area contributed by atoms with E-state index in [1.165, 1.54) is 39.0 Å². The number of methoxy groups -OCH3 is 2. The number of esters is 2. The molecule has 0 spiro atoms. The van der Waals surface area contributed by atoms with Crippen LogP contribution in [0.15, 0.2) is 55.1 Å². The van der Waals surface area contributed by atoms with E-state index in [1.54, 1.807) is 0 Å². The number of hydrogen-bond donors (Lipinski definition) is 0. The number of benzene rings is 2. The summed E-state index contributed by atoms with van der Waals surface area (Å²) in [7, 11) is 2.78. The number of ether oxygens (including phenoxy) is 2. The molecule has 0 unspecified atom stereocenters. The van der Waals surface area contributed by atoms with Gasteiger partial charge in [-0.1, -0.05) is 57.9 Å². The van der Waals surface area contributed by atoms with Crippen LogP contribution in [0.4, 0.5) is 0 Å². The Labute approximate surface area is 230 Å². The van der Waals surface area contributed by atoms with E-state index in [9.17, 15) is 9.59 Å². The van der Waals surface area contributed by atoms with Crippen molar-refractivity contribution in [3.05, 3.63) is 71.9 Å². The zero-order valence-corrected chi connectivity index (χ0v) is 23.7. The number of aromatic nitrogens is 2. The summed E-state index contributed by atoms with van der Waals surface area (Å²) in [5.41, 5.74) is 7.23. The summed E-state index contributed by atoms with van der Waals surface area (Å²) in [5.74, 6) is -0.377. The zero-order chi connectivity index (χ0) is 28.1. The normalized spacial score (nSPS) is 13.6. The van der Waals surface area contributed by atoms with Crippen LogP contribution in [0.3, 0.4) is 0 Å². The second kappa shape index (κ2) is 12.3. The topological polar surface area (TPSA) is 70.4 Å². The maximum atomic E-state index is 12.6. The van der Waals surface area contributed by atoms with E-state index in [2.05, 4.69) is 24.8 Å². The third-order valence-electron chi connectivity index (χ3n) is 7.45. The molecule has 1 aliphatic rings. The lowest BCUT2D eigenvalue weighted by Crippen LogP contribution is -2.13. The van der Waals surface area contributed by atoms with Gasteiger partial charge in [-0.25, -0.2) is 9.78 Å². The first kappa shape index (κ1) is 28.1. The number of nitrogens with zero attached hydrogens (tertiary/aromatic N) is 2. The van der Waals surface area contributed by atoms with Crippen molar-refractivity contribution in [2.75, 3.05) is 14.2 Å². The quantitative estimate of drug-likeness (QED) is 0.239. The smallest absolute Gasteiger partial charge is 0.337 e. The minimum Gasteiger partial charge on any atom is -0.468 e. The Balaban J connectivity index is 0.00000172. The predicted molar refractivity (Wildman–Crippen MR) is 158 cm³/mol. The standard InChI is InChI=1S/C31H32N2O4.C2H6/c1-19(2)25-14-11-21-16-22(12-15-26(21)32-25)30-29(20-8-6-5-7-9-20)24-13-10-23(31(35)37-4)17-27(24)33(30)18-28(34)36-3;1-2/h10-17,20H,1,5-9,18H2,2-4H3;1-2H3. The van der Waals surface area contributed by atoms with Crippen LogP contribution in [0.5, 0.6) is 0 Å². The number of carbonyl (C=O) groups excluding carboxylic acids is 2. The SMILES string of the molecule is C=C(C)c1ccc2cc(-c3c(C4CCCCC4)c4ccc(C(=O)OC)cc4n3CC(=O)OC)ccc2n1.CC. The fourth-order valence-electron chi connectivity index (χ4n) is 5.61. The summed E-state index contributed by atoms with van der Waals surface area (Å²) < 4.78 is 12.1. The van der Waals surface area contributed by atoms with Crippen molar-refractivity contribution in [1.82, 2.24) is 9.55 Å². The van der Waals surface area contributed by atoms with Gasteiger partial charge in [-0.05, 0) is 72.7 Å². The van der Waals surface area contributed by atoms with E-state index < -0.39 is 5.97 Å². The highest BCUT2D eigenvalue weighted by Crippen LogP contribution is 2.44. The van der Waals surface area contributed by atoms with Gasteiger partial charge in [0.05, 0.1) is 42.2 Å². The van der Waals surface area contributed by atoms with Gasteiger partial charge in [-0.2, -0.15) is 0 Å². The molecule has 0 atom stereocenters. The van der Waals surface area contributed by atoms with Crippen LogP contribution in [0.1, 0.15) is 80.4 Å². The molecule has 0 aliphatic heterocycles. The van der Waals surface area contributed by atoms with E-state index in [0.717, 1.165) is 57.2 Å². The van der Waals surface area contributed by atoms with Crippen LogP contribution in [0.2, 0.25) is 0 Å². The second-order valence-electron chi connectivity index (χ2n) is 9.87. The summed E-state index contributed by atoms with van der Waals surface area (Å²) >= 11 is 0. The van der Waals surface area contributed by atoms with Crippen molar-refractivity contribution in [1.29, 1.82) is 0 Å². The lowest BCUT2D eigenvalue weighted by atomic mass is 9.81. The molecule has 5 rings (SSSR count). The largest absolute Gasteiger partial charge is 0.468 e. The average Bonchev–Trinajstić information content (AvgIpc) is 3.30. The van der Waals surface area contributed by atoms with Crippen molar-refractivity contribution < 1.29 is 19.1 Å². The fraction of sp³-hybridized carbons (Fsp3) is 0.364. The van der Waals surface area contributed by atoms with Crippen LogP contribution >= 0.6 is 0 Å². The molecular formula is C33H38N2O4. The van der Waals surface area contributed by atoms with E-state index >= 15 is 0 Å². The second-order valence-corrected chi connectivity index (χ2v) is 9.87. The molecule has 0 N–H and O–H groups in total. The summed E-state index contributed by atoms with van der Waals surface area (Å²) in [6.45, 7) is 10.0. The van der Waals surface area contributed by atoms with Gasteiger partial charge >= 0.3 is 11.9 Å². The van der Waals surface area contributed by atoms with E-state index in [-0.39, 0.29) is 12.5 Å². The molecule has 4 aromatic rings. The predicted octanol–water partition coefficient (Wildman–Crippen LogP) is 7.92. The van der Waals surface area contributed by atoms with Gasteiger partial charge in [0, 0.05) is 10.8 Å². The molecule has 1 fully saturated rings. The van der Waals surface area contributed by atoms with Crippen LogP contribution < -0.4 is 0 Å². The molecule has 0 radical (unpaired) electrons. The number of fused-ring (bicyclic) bond motifs is 2. The van der Waals surface area contributed by atoms with Gasteiger partial charge in [-0.15, -0.1) is 0 Å². The molecule has 6 nitrogen and oxygen atoms in total. The molecule has 1 aliphatic carbocycles. The van der Waals surface area contributed by atoms with E-state index in [0.29, 0.717) is 11.5 Å². The highest BCUT2D eigenvalue weighted by atomic mass is 16.5. The first-order chi connectivity index (χ1) is 18.9. The highest BCUT2D eigenvalue weighted by molar-refractivity contribution is 6.00. The summed E-state index contributed by atoms with van der Waals surface area (Å²) in [4.78, 5) is 29.8. The van der Waals surface area contributed by atoms with Crippen molar-refractivity contribution in [2.45, 2.75) is 65.3 Å². The van der Waals surface area contributed by atoms with Crippen molar-refractivity contribution >= 4 is 39.3 Å². The molecular weight excluding hydrogens is 488 g/mol. The maximum absolute atomic E-state index is 12.6. The molecule has 2 aromatic heterocycles. The van der Waals surface area contributed by atoms with Crippen LogP contribution in [-0.2, 0) is 20.8 Å². The third kappa shape index (κ3) is 5.60. The number of rotatable bonds is 6. The Kier molecular flexibility index (Phi) is 8.85. The third-order valence-corrected chi connectivity index (χ3v) is 7.45. The summed E-state index contributed by atoms with van der Waals surface area (Å²) in [6, 6.07) is 16.0. The van der Waals surface area contributed by atoms with Gasteiger partial charge in [0.25, 0.3) is 0 Å². The molecule has 6 heteroatoms. The number of carbonyl (C=O) groups is 2. The van der Waals surface area contributed by atoms with Gasteiger partial charge < -0.3 is 14.0 Å². The molecule has 0 amide bonds. The number of pyridine rings is 1. The minimum atomic E-state index is -0.404. The highest BCUT2D eigenvalue weighted by Gasteiger charge is 2.28. The van der Waals surface area contributed by atoms with Gasteiger partial charge in [0.15, 0.2) is 0 Å². The summed E-state index contributed by atoms with van der Waals surface area (Å²) in [6.07, 6.45) is 5.80. The molecule has 204 valence electrons. The molecule has 0 bridgehead atoms. The van der Waals surface area contributed by atoms with Crippen LogP contribution in [0, 0.1) is 0 Å². The summed E-state index contributed by atoms with van der Waals surface area (Å²) in [5, 5.41) is 2.08. The maximum Gasteiger partial charge on any atom is 0.337 e. The van der Waals surface area contributed by atoms with Crippen LogP contribution in [0.25, 0.3) is 38.6 Å². The lowest BCUT2D eigenvalue weighted by Gasteiger charge is -2.24. The molecule has 2 aromatic carbocycles. The Morgan fingerprint density at radius 2 is 1.72 bits per heavy atom. The Hall–Kier alpha value is -3.93. The van der Waals surface area contributed by atoms with Crippen molar-refractivity contribution in [3.63, 3.8) is 0 Å². The number of allylic oxidation sites excluding steroid dienone is 1. The Morgan fingerprint density at radius 3 is 2.38 bits per heavy atom. The first-order valence-corrected chi connectivity index (χ1v) is 13.8. The lowest BCUT2D eigenvalue weighted by molar-refractivity contribution is -0.141. The van der Waals surface area contributed by atoms with E-state index in [4.69, 9.17) is 14.5 Å². The molecule has 2 heterocycles. The molecule has 39 heavy (non-hydrogen) atoms. The fourth-order valence-corrected chi connectivity index (χ4v) is 5.61. The van der Waals surface area contributed by atoms with Crippen LogP contribution in [-0.4, -0.2) is 35.7 Å². The monoisotopic (exact) mass is 526 g/mol. The van der Waals surface area contributed by atoms with Crippen molar-refractivity contribution in [2.24, 2.45) is 0 Å². The Morgan fingerprint density at radius 1 is 0.974 bits per heavy atom. The molecule has 0 saturated heterocycles. The minimum absolute atomic E-state index is 0.0462. The number of hydrogen-bond acceptors (Lipinski definition) is 5. The van der Waals surface area contributed by atoms with Gasteiger partial charge in [0.2, 0.25) is 0 Å².